The second-order valence-electron chi connectivity index (χ2n) is 4.46. The molecule has 2 heterocycles. The number of Topliss-reactive ketones (excluding diaryl/α,β-unsaturated/α-hetero) is 1. The Kier molecular flexibility index (Phi) is 2.01. The molecule has 0 aromatic rings. The van der Waals surface area contributed by atoms with Gasteiger partial charge in [0.05, 0.1) is 5.70 Å². The number of allylic oxidation sites excluding steroid dienone is 6. The maximum atomic E-state index is 11.9. The number of rotatable bonds is 0. The number of nitrogens with zero attached hydrogens (tertiary/aromatic N) is 1. The molecule has 0 amide bonds. The van der Waals surface area contributed by atoms with Crippen LogP contribution in [0.15, 0.2) is 35.6 Å². The summed E-state index contributed by atoms with van der Waals surface area (Å²) in [4.78, 5) is 14.2. The minimum Gasteiger partial charge on any atom is -0.368 e. The molecule has 0 radical (unpaired) electrons. The zero-order valence-corrected chi connectivity index (χ0v) is 8.78. The Morgan fingerprint density at radius 3 is 3.13 bits per heavy atom. The molecular formula is C13H15NO. The SMILES string of the molecule is O=C1CCCN2CCC3C=CC=CC3=C12. The molecule has 15 heavy (non-hydrogen) atoms. The van der Waals surface area contributed by atoms with E-state index >= 15 is 0 Å². The van der Waals surface area contributed by atoms with Gasteiger partial charge >= 0.3 is 0 Å². The number of piperidine rings is 1. The van der Waals surface area contributed by atoms with Crippen molar-refractivity contribution < 1.29 is 4.79 Å². The lowest BCUT2D eigenvalue weighted by Gasteiger charge is -2.38. The average Bonchev–Trinajstić information content (AvgIpc) is 2.29. The van der Waals surface area contributed by atoms with Gasteiger partial charge in [-0.15, -0.1) is 0 Å². The van der Waals surface area contributed by atoms with Gasteiger partial charge in [-0.3, -0.25) is 4.79 Å². The van der Waals surface area contributed by atoms with E-state index in [1.165, 1.54) is 5.57 Å². The monoisotopic (exact) mass is 201 g/mol. The van der Waals surface area contributed by atoms with Crippen LogP contribution in [0.25, 0.3) is 0 Å². The Labute approximate surface area is 90.0 Å². The highest BCUT2D eigenvalue weighted by Crippen LogP contribution is 2.34. The molecule has 3 aliphatic rings. The summed E-state index contributed by atoms with van der Waals surface area (Å²) < 4.78 is 0. The molecule has 0 bridgehead atoms. The Morgan fingerprint density at radius 1 is 1.27 bits per heavy atom. The van der Waals surface area contributed by atoms with Crippen LogP contribution in [0, 0.1) is 5.92 Å². The predicted octanol–water partition coefficient (Wildman–Crippen LogP) is 2.05. The van der Waals surface area contributed by atoms with E-state index in [-0.39, 0.29) is 0 Å². The summed E-state index contributed by atoms with van der Waals surface area (Å²) in [6.45, 7) is 2.11. The first-order valence-electron chi connectivity index (χ1n) is 5.73. The molecule has 0 N–H and O–H groups in total. The van der Waals surface area contributed by atoms with Crippen LogP contribution in [0.5, 0.6) is 0 Å². The molecule has 3 rings (SSSR count). The van der Waals surface area contributed by atoms with Gasteiger partial charge in [0.25, 0.3) is 0 Å². The van der Waals surface area contributed by atoms with Gasteiger partial charge in [-0.25, -0.2) is 0 Å². The maximum Gasteiger partial charge on any atom is 0.179 e. The number of hydrogen-bond donors (Lipinski definition) is 0. The van der Waals surface area contributed by atoms with Crippen LogP contribution in [-0.4, -0.2) is 23.8 Å². The molecule has 1 aliphatic carbocycles. The van der Waals surface area contributed by atoms with E-state index in [1.807, 2.05) is 6.08 Å². The van der Waals surface area contributed by atoms with E-state index in [0.29, 0.717) is 11.7 Å². The van der Waals surface area contributed by atoms with E-state index in [2.05, 4.69) is 23.1 Å². The minimum atomic E-state index is 0.348. The number of carbonyl (C=O) groups is 1. The van der Waals surface area contributed by atoms with E-state index in [0.717, 1.165) is 38.0 Å². The smallest absolute Gasteiger partial charge is 0.179 e. The summed E-state index contributed by atoms with van der Waals surface area (Å²) in [6.07, 6.45) is 11.4. The Hall–Kier alpha value is -1.31. The van der Waals surface area contributed by atoms with Crippen molar-refractivity contribution in [2.24, 2.45) is 5.92 Å². The van der Waals surface area contributed by atoms with Crippen LogP contribution in [-0.2, 0) is 4.79 Å². The lowest BCUT2D eigenvalue weighted by molar-refractivity contribution is -0.118. The Balaban J connectivity index is 2.08. The normalized spacial score (nSPS) is 29.2. The van der Waals surface area contributed by atoms with Crippen molar-refractivity contribution in [1.82, 2.24) is 4.90 Å². The third kappa shape index (κ3) is 1.36. The Morgan fingerprint density at radius 2 is 2.20 bits per heavy atom. The van der Waals surface area contributed by atoms with Crippen molar-refractivity contribution in [2.45, 2.75) is 19.3 Å². The highest BCUT2D eigenvalue weighted by atomic mass is 16.1. The molecular weight excluding hydrogens is 186 g/mol. The first-order valence-corrected chi connectivity index (χ1v) is 5.73. The zero-order chi connectivity index (χ0) is 10.3. The first kappa shape index (κ1) is 8.96. The van der Waals surface area contributed by atoms with Gasteiger partial charge in [0.2, 0.25) is 0 Å². The van der Waals surface area contributed by atoms with Gasteiger partial charge in [0.1, 0.15) is 0 Å². The summed E-state index contributed by atoms with van der Waals surface area (Å²) in [6, 6.07) is 0. The molecule has 1 atom stereocenters. The standard InChI is InChI=1S/C13H15NO/c15-12-6-3-8-14-9-7-10-4-1-2-5-11(10)13(12)14/h1-2,4-5,10H,3,6-9H2. The highest BCUT2D eigenvalue weighted by Gasteiger charge is 2.31. The number of ketones is 1. The van der Waals surface area contributed by atoms with Crippen molar-refractivity contribution in [2.75, 3.05) is 13.1 Å². The quantitative estimate of drug-likeness (QED) is 0.598. The molecule has 2 nitrogen and oxygen atoms in total. The average molecular weight is 201 g/mol. The molecule has 1 saturated heterocycles. The van der Waals surface area contributed by atoms with Crippen molar-refractivity contribution in [1.29, 1.82) is 0 Å². The lowest BCUT2D eigenvalue weighted by atomic mass is 9.83. The van der Waals surface area contributed by atoms with E-state index in [1.54, 1.807) is 0 Å². The fraction of sp³-hybridized carbons (Fsp3) is 0.462. The van der Waals surface area contributed by atoms with Crippen molar-refractivity contribution >= 4 is 5.78 Å². The van der Waals surface area contributed by atoms with Gasteiger partial charge < -0.3 is 4.90 Å². The van der Waals surface area contributed by atoms with Crippen molar-refractivity contribution in [3.05, 3.63) is 35.6 Å². The summed E-state index contributed by atoms with van der Waals surface area (Å²) in [5, 5.41) is 0. The lowest BCUT2D eigenvalue weighted by Crippen LogP contribution is -2.39. The topological polar surface area (TPSA) is 20.3 Å². The fourth-order valence-corrected chi connectivity index (χ4v) is 2.79. The predicted molar refractivity (Wildman–Crippen MR) is 59.2 cm³/mol. The summed E-state index contributed by atoms with van der Waals surface area (Å²) in [5.74, 6) is 0.837. The van der Waals surface area contributed by atoms with E-state index < -0.39 is 0 Å². The summed E-state index contributed by atoms with van der Waals surface area (Å²) >= 11 is 0. The van der Waals surface area contributed by atoms with Crippen LogP contribution in [0.3, 0.4) is 0 Å². The molecule has 78 valence electrons. The van der Waals surface area contributed by atoms with Crippen molar-refractivity contribution in [3.8, 4) is 0 Å². The van der Waals surface area contributed by atoms with Crippen LogP contribution in [0.4, 0.5) is 0 Å². The molecule has 0 saturated carbocycles. The van der Waals surface area contributed by atoms with Crippen molar-refractivity contribution in [3.63, 3.8) is 0 Å². The molecule has 2 aliphatic heterocycles. The third-order valence-electron chi connectivity index (χ3n) is 3.53. The van der Waals surface area contributed by atoms with E-state index in [9.17, 15) is 4.79 Å². The van der Waals surface area contributed by atoms with Gasteiger partial charge in [-0.05, 0) is 18.4 Å². The molecule has 1 fully saturated rings. The van der Waals surface area contributed by atoms with Crippen LogP contribution >= 0.6 is 0 Å². The number of fused-ring (bicyclic) bond motifs is 2. The van der Waals surface area contributed by atoms with Gasteiger partial charge in [-0.2, -0.15) is 0 Å². The molecule has 0 aromatic carbocycles. The molecule has 2 heteroatoms. The highest BCUT2D eigenvalue weighted by molar-refractivity contribution is 5.97. The van der Waals surface area contributed by atoms with Gasteiger partial charge in [0.15, 0.2) is 5.78 Å². The van der Waals surface area contributed by atoms with E-state index in [4.69, 9.17) is 0 Å². The van der Waals surface area contributed by atoms with Gasteiger partial charge in [0, 0.05) is 25.4 Å². The largest absolute Gasteiger partial charge is 0.368 e. The second-order valence-corrected chi connectivity index (χ2v) is 4.46. The minimum absolute atomic E-state index is 0.348. The maximum absolute atomic E-state index is 11.9. The molecule has 0 spiro atoms. The second kappa shape index (κ2) is 3.37. The first-order chi connectivity index (χ1) is 7.36. The summed E-state index contributed by atoms with van der Waals surface area (Å²) in [7, 11) is 0. The molecule has 1 unspecified atom stereocenters. The Bertz CT molecular complexity index is 389. The van der Waals surface area contributed by atoms with Crippen LogP contribution in [0.1, 0.15) is 19.3 Å². The zero-order valence-electron chi connectivity index (χ0n) is 8.78. The van der Waals surface area contributed by atoms with Gasteiger partial charge in [-0.1, -0.05) is 24.3 Å². The number of carbonyl (C=O) groups excluding carboxylic acids is 1. The van der Waals surface area contributed by atoms with Crippen LogP contribution < -0.4 is 0 Å². The van der Waals surface area contributed by atoms with Crippen LogP contribution in [0.2, 0.25) is 0 Å². The molecule has 0 aromatic heterocycles. The third-order valence-corrected chi connectivity index (χ3v) is 3.53. The summed E-state index contributed by atoms with van der Waals surface area (Å²) in [5.41, 5.74) is 2.27. The number of hydrogen-bond acceptors (Lipinski definition) is 2. The fourth-order valence-electron chi connectivity index (χ4n) is 2.79.